The SMILES string of the molecule is CCNC(=O)CN=C(NO)c1ccc(C2=CC(c3cc(Cl)cc(Cl)c3)(C(F)(F)F)ON2)cc1Cl. The van der Waals surface area contributed by atoms with Gasteiger partial charge in [-0.3, -0.25) is 30.8 Å². The molecule has 0 spiro atoms. The molecule has 1 amide bonds. The molecule has 2 aromatic rings. The minimum absolute atomic E-state index is 0.0138. The summed E-state index contributed by atoms with van der Waals surface area (Å²) in [5, 5.41) is 12.0. The Morgan fingerprint density at radius 1 is 1.18 bits per heavy atom. The van der Waals surface area contributed by atoms with Crippen LogP contribution in [0.1, 0.15) is 23.6 Å². The van der Waals surface area contributed by atoms with E-state index in [1.807, 2.05) is 5.48 Å². The third kappa shape index (κ3) is 5.42. The lowest BCUT2D eigenvalue weighted by atomic mass is 9.91. The van der Waals surface area contributed by atoms with Gasteiger partial charge >= 0.3 is 6.18 Å². The van der Waals surface area contributed by atoms with Crippen molar-refractivity contribution in [2.24, 2.45) is 4.99 Å². The molecule has 0 fully saturated rings. The minimum Gasteiger partial charge on any atom is -0.355 e. The third-order valence-corrected chi connectivity index (χ3v) is 5.53. The topological polar surface area (TPSA) is 95.0 Å². The van der Waals surface area contributed by atoms with Crippen LogP contribution in [-0.4, -0.2) is 36.2 Å². The second kappa shape index (κ2) is 10.4. The van der Waals surface area contributed by atoms with E-state index in [4.69, 9.17) is 39.6 Å². The number of carbonyl (C=O) groups is 1. The Morgan fingerprint density at radius 3 is 2.41 bits per heavy atom. The summed E-state index contributed by atoms with van der Waals surface area (Å²) in [6.07, 6.45) is -4.01. The lowest BCUT2D eigenvalue weighted by Gasteiger charge is -2.28. The van der Waals surface area contributed by atoms with Gasteiger partial charge in [0.15, 0.2) is 5.84 Å². The minimum atomic E-state index is -4.86. The van der Waals surface area contributed by atoms with Gasteiger partial charge in [-0.2, -0.15) is 13.2 Å². The van der Waals surface area contributed by atoms with Gasteiger partial charge in [-0.25, -0.2) is 0 Å². The third-order valence-electron chi connectivity index (χ3n) is 4.78. The Balaban J connectivity index is 1.98. The molecular formula is C21H18Cl3F3N4O3. The predicted molar refractivity (Wildman–Crippen MR) is 123 cm³/mol. The number of amidine groups is 1. The van der Waals surface area contributed by atoms with Crippen LogP contribution in [-0.2, 0) is 15.2 Å². The number of hydroxylamine groups is 2. The molecule has 1 aliphatic rings. The first-order valence-electron chi connectivity index (χ1n) is 9.72. The number of hydrogen-bond acceptors (Lipinski definition) is 5. The number of benzene rings is 2. The van der Waals surface area contributed by atoms with Gasteiger partial charge in [0.25, 0.3) is 0 Å². The number of amides is 1. The van der Waals surface area contributed by atoms with E-state index in [0.29, 0.717) is 6.54 Å². The number of alkyl halides is 3. The van der Waals surface area contributed by atoms with Crippen molar-refractivity contribution in [1.29, 1.82) is 0 Å². The zero-order chi connectivity index (χ0) is 25.1. The summed E-state index contributed by atoms with van der Waals surface area (Å²) < 4.78 is 42.4. The highest BCUT2D eigenvalue weighted by Gasteiger charge is 2.59. The first-order chi connectivity index (χ1) is 16.0. The number of hydrogen-bond donors (Lipinski definition) is 4. The van der Waals surface area contributed by atoms with Crippen molar-refractivity contribution in [1.82, 2.24) is 16.3 Å². The molecule has 0 radical (unpaired) electrons. The second-order valence-corrected chi connectivity index (χ2v) is 8.36. The van der Waals surface area contributed by atoms with E-state index in [9.17, 15) is 23.2 Å². The Hall–Kier alpha value is -2.50. The Labute approximate surface area is 207 Å². The number of rotatable bonds is 6. The summed E-state index contributed by atoms with van der Waals surface area (Å²) in [5.74, 6) is -0.462. The molecule has 182 valence electrons. The molecule has 1 unspecified atom stereocenters. The van der Waals surface area contributed by atoms with Crippen LogP contribution in [0.3, 0.4) is 0 Å². The molecule has 4 N–H and O–H groups in total. The number of nitrogens with zero attached hydrogens (tertiary/aromatic N) is 1. The Kier molecular flexibility index (Phi) is 7.99. The van der Waals surface area contributed by atoms with E-state index in [1.165, 1.54) is 24.3 Å². The molecule has 1 aliphatic heterocycles. The van der Waals surface area contributed by atoms with E-state index in [0.717, 1.165) is 18.2 Å². The summed E-state index contributed by atoms with van der Waals surface area (Å²) in [4.78, 5) is 20.6. The van der Waals surface area contributed by atoms with Crippen LogP contribution in [0.5, 0.6) is 0 Å². The fourth-order valence-electron chi connectivity index (χ4n) is 3.21. The molecule has 3 rings (SSSR count). The molecule has 1 heterocycles. The number of carbonyl (C=O) groups excluding carboxylic acids is 1. The summed E-state index contributed by atoms with van der Waals surface area (Å²) in [5.41, 5.74) is 1.47. The van der Waals surface area contributed by atoms with Crippen LogP contribution in [0.4, 0.5) is 13.2 Å². The largest absolute Gasteiger partial charge is 0.428 e. The number of nitrogens with one attached hydrogen (secondary N) is 3. The normalized spacial score (nSPS) is 18.4. The molecule has 1 atom stereocenters. The van der Waals surface area contributed by atoms with Gasteiger partial charge in [-0.05, 0) is 43.3 Å². The van der Waals surface area contributed by atoms with Crippen molar-refractivity contribution < 1.29 is 28.0 Å². The zero-order valence-corrected chi connectivity index (χ0v) is 19.7. The molecule has 2 aromatic carbocycles. The standard InChI is InChI=1S/C21H18Cl3F3N4O3/c1-2-28-18(32)10-29-19(30-33)15-4-3-11(5-16(15)24)17-9-20(34-31-17,21(25,26)27)12-6-13(22)8-14(23)7-12/h3-9,31,33H,2,10H2,1H3,(H,28,32)(H,29,30). The van der Waals surface area contributed by atoms with E-state index in [1.54, 1.807) is 6.92 Å². The Morgan fingerprint density at radius 2 is 1.85 bits per heavy atom. The number of aliphatic imine (C=N–C) groups is 1. The molecule has 0 bridgehead atoms. The van der Waals surface area contributed by atoms with Gasteiger partial charge in [0.1, 0.15) is 6.54 Å². The molecule has 0 saturated heterocycles. The van der Waals surface area contributed by atoms with Crippen molar-refractivity contribution in [3.05, 3.63) is 74.2 Å². The first kappa shape index (κ1) is 26.1. The van der Waals surface area contributed by atoms with Gasteiger partial charge in [-0.1, -0.05) is 40.9 Å². The molecule has 0 aliphatic carbocycles. The number of likely N-dealkylation sites (N-methyl/N-ethyl adjacent to an activating group) is 1. The van der Waals surface area contributed by atoms with Gasteiger partial charge in [-0.15, -0.1) is 0 Å². The summed E-state index contributed by atoms with van der Waals surface area (Å²) >= 11 is 18.1. The summed E-state index contributed by atoms with van der Waals surface area (Å²) in [7, 11) is 0. The van der Waals surface area contributed by atoms with Gasteiger partial charge in [0.05, 0.1) is 10.7 Å². The van der Waals surface area contributed by atoms with Crippen molar-refractivity contribution >= 4 is 52.2 Å². The average molecular weight is 538 g/mol. The fourth-order valence-corrected chi connectivity index (χ4v) is 4.01. The van der Waals surface area contributed by atoms with E-state index in [2.05, 4.69) is 15.8 Å². The quantitative estimate of drug-likeness (QED) is 0.240. The number of halogens is 6. The molecule has 0 aromatic heterocycles. The summed E-state index contributed by atoms with van der Waals surface area (Å²) in [6.45, 7) is 1.88. The van der Waals surface area contributed by atoms with Crippen LogP contribution < -0.4 is 16.3 Å². The van der Waals surface area contributed by atoms with Crippen molar-refractivity contribution in [2.45, 2.75) is 18.7 Å². The van der Waals surface area contributed by atoms with Crippen molar-refractivity contribution in [3.63, 3.8) is 0 Å². The van der Waals surface area contributed by atoms with E-state index >= 15 is 0 Å². The predicted octanol–water partition coefficient (Wildman–Crippen LogP) is 4.84. The van der Waals surface area contributed by atoms with Crippen LogP contribution >= 0.6 is 34.8 Å². The highest BCUT2D eigenvalue weighted by atomic mass is 35.5. The zero-order valence-electron chi connectivity index (χ0n) is 17.4. The highest BCUT2D eigenvalue weighted by Crippen LogP contribution is 2.48. The smallest absolute Gasteiger partial charge is 0.355 e. The first-order valence-corrected chi connectivity index (χ1v) is 10.9. The van der Waals surface area contributed by atoms with Crippen LogP contribution in [0.15, 0.2) is 47.5 Å². The summed E-state index contributed by atoms with van der Waals surface area (Å²) in [6, 6.07) is 7.76. The van der Waals surface area contributed by atoms with Crippen LogP contribution in [0, 0.1) is 0 Å². The van der Waals surface area contributed by atoms with E-state index in [-0.39, 0.29) is 55.7 Å². The van der Waals surface area contributed by atoms with E-state index < -0.39 is 11.8 Å². The van der Waals surface area contributed by atoms with Crippen molar-refractivity contribution in [3.8, 4) is 0 Å². The Bertz CT molecular complexity index is 1140. The lowest BCUT2D eigenvalue weighted by molar-refractivity contribution is -0.269. The maximum atomic E-state index is 14.1. The van der Waals surface area contributed by atoms with Crippen LogP contribution in [0.25, 0.3) is 5.70 Å². The second-order valence-electron chi connectivity index (χ2n) is 7.08. The van der Waals surface area contributed by atoms with Gasteiger partial charge < -0.3 is 5.32 Å². The molecule has 7 nitrogen and oxygen atoms in total. The average Bonchev–Trinajstić information content (AvgIpc) is 3.21. The molecule has 0 saturated carbocycles. The van der Waals surface area contributed by atoms with Gasteiger partial charge in [0, 0.05) is 33.3 Å². The van der Waals surface area contributed by atoms with Crippen LogP contribution in [0.2, 0.25) is 15.1 Å². The monoisotopic (exact) mass is 536 g/mol. The molecule has 13 heteroatoms. The molecule has 34 heavy (non-hydrogen) atoms. The maximum absolute atomic E-state index is 14.1. The molecular weight excluding hydrogens is 520 g/mol. The lowest BCUT2D eigenvalue weighted by Crippen LogP contribution is -2.42. The fraction of sp³-hybridized carbons (Fsp3) is 0.238. The highest BCUT2D eigenvalue weighted by molar-refractivity contribution is 6.35. The van der Waals surface area contributed by atoms with Gasteiger partial charge in [0.2, 0.25) is 11.5 Å². The van der Waals surface area contributed by atoms with Crippen molar-refractivity contribution in [2.75, 3.05) is 13.1 Å². The maximum Gasteiger partial charge on any atom is 0.428 e.